The molecule has 2 atom stereocenters. The van der Waals surface area contributed by atoms with Crippen LogP contribution in [0, 0.1) is 0 Å². The van der Waals surface area contributed by atoms with Gasteiger partial charge in [-0.3, -0.25) is 4.79 Å². The Kier molecular flexibility index (Phi) is 7.29. The number of esters is 1. The van der Waals surface area contributed by atoms with Crippen molar-refractivity contribution in [3.05, 3.63) is 0 Å². The molecule has 0 saturated heterocycles. The van der Waals surface area contributed by atoms with E-state index in [0.29, 0.717) is 19.6 Å². The SMILES string of the molecule is CNC(C)(CCOC(C)COC)C(=O)OC. The zero-order chi connectivity index (χ0) is 12.6. The Hall–Kier alpha value is -0.650. The molecule has 0 amide bonds. The maximum atomic E-state index is 11.5. The number of nitrogens with one attached hydrogen (secondary N) is 1. The van der Waals surface area contributed by atoms with Gasteiger partial charge in [0.15, 0.2) is 0 Å². The summed E-state index contributed by atoms with van der Waals surface area (Å²) in [5.41, 5.74) is -0.693. The minimum atomic E-state index is -0.693. The average molecular weight is 233 g/mol. The van der Waals surface area contributed by atoms with Crippen LogP contribution in [-0.4, -0.2) is 52.1 Å². The zero-order valence-electron chi connectivity index (χ0n) is 10.8. The molecule has 0 aromatic carbocycles. The number of methoxy groups -OCH3 is 2. The van der Waals surface area contributed by atoms with Crippen LogP contribution >= 0.6 is 0 Å². The molecule has 16 heavy (non-hydrogen) atoms. The summed E-state index contributed by atoms with van der Waals surface area (Å²) in [7, 11) is 4.74. The molecular weight excluding hydrogens is 210 g/mol. The lowest BCUT2D eigenvalue weighted by molar-refractivity contribution is -0.148. The fourth-order valence-electron chi connectivity index (χ4n) is 1.30. The van der Waals surface area contributed by atoms with E-state index in [9.17, 15) is 4.79 Å². The third-order valence-electron chi connectivity index (χ3n) is 2.59. The number of carbonyl (C=O) groups is 1. The highest BCUT2D eigenvalue weighted by Crippen LogP contribution is 2.11. The fourth-order valence-corrected chi connectivity index (χ4v) is 1.30. The van der Waals surface area contributed by atoms with Gasteiger partial charge in [-0.25, -0.2) is 0 Å². The Balaban J connectivity index is 4.00. The number of likely N-dealkylation sites (N-methyl/N-ethyl adjacent to an activating group) is 1. The van der Waals surface area contributed by atoms with Crippen LogP contribution < -0.4 is 5.32 Å². The maximum absolute atomic E-state index is 11.5. The smallest absolute Gasteiger partial charge is 0.325 e. The van der Waals surface area contributed by atoms with Crippen molar-refractivity contribution < 1.29 is 19.0 Å². The van der Waals surface area contributed by atoms with Crippen molar-refractivity contribution in [3.63, 3.8) is 0 Å². The summed E-state index contributed by atoms with van der Waals surface area (Å²) in [6, 6.07) is 0. The van der Waals surface area contributed by atoms with Crippen LogP contribution in [0.5, 0.6) is 0 Å². The summed E-state index contributed by atoms with van der Waals surface area (Å²) in [5, 5.41) is 2.95. The van der Waals surface area contributed by atoms with E-state index in [2.05, 4.69) is 5.32 Å². The molecule has 96 valence electrons. The van der Waals surface area contributed by atoms with Gasteiger partial charge in [0.2, 0.25) is 0 Å². The van der Waals surface area contributed by atoms with E-state index in [-0.39, 0.29) is 12.1 Å². The predicted molar refractivity (Wildman–Crippen MR) is 61.4 cm³/mol. The highest BCUT2D eigenvalue weighted by molar-refractivity contribution is 5.80. The molecule has 0 aliphatic heterocycles. The largest absolute Gasteiger partial charge is 0.468 e. The molecule has 0 fully saturated rings. The minimum Gasteiger partial charge on any atom is -0.468 e. The molecule has 5 heteroatoms. The van der Waals surface area contributed by atoms with Crippen molar-refractivity contribution in [3.8, 4) is 0 Å². The lowest BCUT2D eigenvalue weighted by Gasteiger charge is -2.26. The number of ether oxygens (including phenoxy) is 3. The van der Waals surface area contributed by atoms with E-state index >= 15 is 0 Å². The highest BCUT2D eigenvalue weighted by atomic mass is 16.5. The standard InChI is InChI=1S/C11H23NO4/c1-9(8-14-4)16-7-6-11(2,12-3)10(13)15-5/h9,12H,6-8H2,1-5H3. The first kappa shape index (κ1) is 15.3. The van der Waals surface area contributed by atoms with Crippen LogP contribution in [0.25, 0.3) is 0 Å². The molecule has 0 rings (SSSR count). The second-order valence-corrected chi connectivity index (χ2v) is 3.96. The fraction of sp³-hybridized carbons (Fsp3) is 0.909. The molecule has 0 aromatic heterocycles. The molecule has 0 bridgehead atoms. The predicted octanol–water partition coefficient (Wildman–Crippen LogP) is 0.579. The summed E-state index contributed by atoms with van der Waals surface area (Å²) >= 11 is 0. The van der Waals surface area contributed by atoms with Gasteiger partial charge in [0.05, 0.1) is 19.8 Å². The van der Waals surface area contributed by atoms with Crippen LogP contribution in [0.1, 0.15) is 20.3 Å². The normalized spacial score (nSPS) is 16.6. The van der Waals surface area contributed by atoms with Crippen molar-refractivity contribution in [1.29, 1.82) is 0 Å². The minimum absolute atomic E-state index is 0.0313. The molecule has 5 nitrogen and oxygen atoms in total. The Morgan fingerprint density at radius 3 is 2.50 bits per heavy atom. The van der Waals surface area contributed by atoms with Crippen LogP contribution in [0.15, 0.2) is 0 Å². The van der Waals surface area contributed by atoms with Gasteiger partial charge in [0, 0.05) is 13.7 Å². The first-order valence-electron chi connectivity index (χ1n) is 5.38. The van der Waals surface area contributed by atoms with Gasteiger partial charge in [-0.1, -0.05) is 0 Å². The van der Waals surface area contributed by atoms with Crippen LogP contribution in [0.4, 0.5) is 0 Å². The zero-order valence-corrected chi connectivity index (χ0v) is 10.8. The molecular formula is C11H23NO4. The summed E-state index contributed by atoms with van der Waals surface area (Å²) in [6.45, 7) is 4.76. The van der Waals surface area contributed by atoms with Gasteiger partial charge < -0.3 is 19.5 Å². The van der Waals surface area contributed by atoms with E-state index in [1.807, 2.05) is 6.92 Å². The third-order valence-corrected chi connectivity index (χ3v) is 2.59. The van der Waals surface area contributed by atoms with Crippen molar-refractivity contribution in [2.75, 3.05) is 34.5 Å². The number of carbonyl (C=O) groups excluding carboxylic acids is 1. The third kappa shape index (κ3) is 4.92. The second kappa shape index (κ2) is 7.60. The summed E-state index contributed by atoms with van der Waals surface area (Å²) in [5.74, 6) is -0.280. The Bertz CT molecular complexity index is 210. The highest BCUT2D eigenvalue weighted by Gasteiger charge is 2.32. The number of hydrogen-bond donors (Lipinski definition) is 1. The van der Waals surface area contributed by atoms with E-state index in [1.165, 1.54) is 7.11 Å². The molecule has 0 saturated carbocycles. The van der Waals surface area contributed by atoms with Crippen LogP contribution in [0.2, 0.25) is 0 Å². The molecule has 1 N–H and O–H groups in total. The monoisotopic (exact) mass is 233 g/mol. The first-order chi connectivity index (χ1) is 7.50. The quantitative estimate of drug-likeness (QED) is 0.621. The lowest BCUT2D eigenvalue weighted by atomic mass is 9.99. The van der Waals surface area contributed by atoms with E-state index in [1.54, 1.807) is 21.1 Å². The van der Waals surface area contributed by atoms with Gasteiger partial charge in [-0.2, -0.15) is 0 Å². The van der Waals surface area contributed by atoms with Crippen molar-refractivity contribution in [2.45, 2.75) is 31.9 Å². The van der Waals surface area contributed by atoms with Crippen molar-refractivity contribution in [2.24, 2.45) is 0 Å². The van der Waals surface area contributed by atoms with E-state index in [0.717, 1.165) is 0 Å². The molecule has 0 aliphatic rings. The van der Waals surface area contributed by atoms with Gasteiger partial charge in [0.25, 0.3) is 0 Å². The van der Waals surface area contributed by atoms with Crippen molar-refractivity contribution in [1.82, 2.24) is 5.32 Å². The van der Waals surface area contributed by atoms with Gasteiger partial charge in [0.1, 0.15) is 5.54 Å². The Morgan fingerprint density at radius 2 is 2.06 bits per heavy atom. The average Bonchev–Trinajstić information content (AvgIpc) is 2.28. The molecule has 0 spiro atoms. The molecule has 0 aromatic rings. The number of rotatable bonds is 8. The Labute approximate surface area is 97.4 Å². The second-order valence-electron chi connectivity index (χ2n) is 3.96. The van der Waals surface area contributed by atoms with Gasteiger partial charge >= 0.3 is 5.97 Å². The topological polar surface area (TPSA) is 56.8 Å². The molecule has 0 radical (unpaired) electrons. The molecule has 0 heterocycles. The maximum Gasteiger partial charge on any atom is 0.325 e. The summed E-state index contributed by atoms with van der Waals surface area (Å²) in [6.07, 6.45) is 0.591. The van der Waals surface area contributed by atoms with E-state index < -0.39 is 5.54 Å². The van der Waals surface area contributed by atoms with Gasteiger partial charge in [-0.05, 0) is 27.3 Å². The molecule has 2 unspecified atom stereocenters. The first-order valence-corrected chi connectivity index (χ1v) is 5.38. The van der Waals surface area contributed by atoms with Crippen LogP contribution in [-0.2, 0) is 19.0 Å². The number of hydrogen-bond acceptors (Lipinski definition) is 5. The summed E-state index contributed by atoms with van der Waals surface area (Å²) in [4.78, 5) is 11.5. The van der Waals surface area contributed by atoms with Crippen LogP contribution in [0.3, 0.4) is 0 Å². The summed E-state index contributed by atoms with van der Waals surface area (Å²) < 4.78 is 15.2. The molecule has 0 aliphatic carbocycles. The lowest BCUT2D eigenvalue weighted by Crippen LogP contribution is -2.49. The van der Waals surface area contributed by atoms with Gasteiger partial charge in [-0.15, -0.1) is 0 Å². The van der Waals surface area contributed by atoms with Crippen molar-refractivity contribution >= 4 is 5.97 Å². The Morgan fingerprint density at radius 1 is 1.44 bits per heavy atom. The van der Waals surface area contributed by atoms with E-state index in [4.69, 9.17) is 14.2 Å².